The van der Waals surface area contributed by atoms with Gasteiger partial charge in [-0.15, -0.1) is 0 Å². The van der Waals surface area contributed by atoms with Crippen molar-refractivity contribution < 1.29 is 4.74 Å². The zero-order valence-corrected chi connectivity index (χ0v) is 13.0. The summed E-state index contributed by atoms with van der Waals surface area (Å²) in [6.45, 7) is 3.47. The number of halogens is 2. The van der Waals surface area contributed by atoms with Crippen LogP contribution in [-0.2, 0) is 4.74 Å². The molecule has 0 aliphatic rings. The van der Waals surface area contributed by atoms with Gasteiger partial charge in [0, 0.05) is 19.2 Å². The maximum Gasteiger partial charge on any atom is 0.0616 e. The molecule has 3 nitrogen and oxygen atoms in total. The van der Waals surface area contributed by atoms with Crippen LogP contribution in [0.2, 0.25) is 10.0 Å². The third-order valence-corrected chi connectivity index (χ3v) is 3.79. The van der Waals surface area contributed by atoms with E-state index < -0.39 is 0 Å². The molecule has 19 heavy (non-hydrogen) atoms. The van der Waals surface area contributed by atoms with E-state index in [0.717, 1.165) is 18.4 Å². The van der Waals surface area contributed by atoms with E-state index in [4.69, 9.17) is 33.7 Å². The predicted molar refractivity (Wildman–Crippen MR) is 82.0 cm³/mol. The minimum Gasteiger partial charge on any atom is -0.383 e. The second-order valence-corrected chi connectivity index (χ2v) is 5.46. The second-order valence-electron chi connectivity index (χ2n) is 4.65. The molecule has 1 aromatic rings. The molecular formula is C14H22Cl2N2O. The zero-order chi connectivity index (χ0) is 14.3. The fourth-order valence-corrected chi connectivity index (χ4v) is 2.32. The number of nitrogens with one attached hydrogen (secondary N) is 1. The first-order chi connectivity index (χ1) is 9.08. The van der Waals surface area contributed by atoms with Crippen LogP contribution in [0.4, 0.5) is 0 Å². The SMILES string of the molecule is COCC(CCCN)NC(C)c1ccc(Cl)c(Cl)c1. The summed E-state index contributed by atoms with van der Waals surface area (Å²) in [7, 11) is 1.71. The van der Waals surface area contributed by atoms with E-state index in [1.807, 2.05) is 18.2 Å². The van der Waals surface area contributed by atoms with Crippen molar-refractivity contribution in [2.75, 3.05) is 20.3 Å². The van der Waals surface area contributed by atoms with Crippen molar-refractivity contribution in [1.29, 1.82) is 0 Å². The minimum absolute atomic E-state index is 0.188. The molecule has 0 spiro atoms. The van der Waals surface area contributed by atoms with Gasteiger partial charge in [0.15, 0.2) is 0 Å². The first-order valence-electron chi connectivity index (χ1n) is 6.48. The number of benzene rings is 1. The fourth-order valence-electron chi connectivity index (χ4n) is 2.01. The second kappa shape index (κ2) is 8.77. The standard InChI is InChI=1S/C14H22Cl2N2O/c1-10(11-5-6-13(15)14(16)8-11)18-12(9-19-2)4-3-7-17/h5-6,8,10,12,18H,3-4,7,9,17H2,1-2H3. The van der Waals surface area contributed by atoms with E-state index in [9.17, 15) is 0 Å². The molecule has 0 aromatic heterocycles. The summed E-state index contributed by atoms with van der Waals surface area (Å²) >= 11 is 12.0. The smallest absolute Gasteiger partial charge is 0.0616 e. The highest BCUT2D eigenvalue weighted by Crippen LogP contribution is 2.25. The van der Waals surface area contributed by atoms with Crippen molar-refractivity contribution in [1.82, 2.24) is 5.32 Å². The molecule has 0 amide bonds. The third kappa shape index (κ3) is 5.67. The first-order valence-corrected chi connectivity index (χ1v) is 7.24. The molecule has 5 heteroatoms. The van der Waals surface area contributed by atoms with E-state index in [2.05, 4.69) is 12.2 Å². The monoisotopic (exact) mass is 304 g/mol. The van der Waals surface area contributed by atoms with Gasteiger partial charge in [-0.2, -0.15) is 0 Å². The normalized spacial score (nSPS) is 14.4. The molecule has 0 radical (unpaired) electrons. The molecule has 0 saturated carbocycles. The van der Waals surface area contributed by atoms with E-state index >= 15 is 0 Å². The molecule has 0 heterocycles. The largest absolute Gasteiger partial charge is 0.383 e. The number of hydrogen-bond donors (Lipinski definition) is 2. The molecule has 0 fully saturated rings. The number of nitrogens with two attached hydrogens (primary N) is 1. The molecule has 1 aromatic carbocycles. The van der Waals surface area contributed by atoms with Crippen LogP contribution < -0.4 is 11.1 Å². The van der Waals surface area contributed by atoms with Gasteiger partial charge >= 0.3 is 0 Å². The van der Waals surface area contributed by atoms with Gasteiger partial charge in [-0.05, 0) is 44.0 Å². The molecular weight excluding hydrogens is 283 g/mol. The van der Waals surface area contributed by atoms with Crippen LogP contribution in [0.15, 0.2) is 18.2 Å². The van der Waals surface area contributed by atoms with Crippen LogP contribution >= 0.6 is 23.2 Å². The molecule has 108 valence electrons. The van der Waals surface area contributed by atoms with Crippen molar-refractivity contribution in [3.63, 3.8) is 0 Å². The molecule has 0 saturated heterocycles. The number of hydrogen-bond acceptors (Lipinski definition) is 3. The quantitative estimate of drug-likeness (QED) is 0.774. The van der Waals surface area contributed by atoms with E-state index in [0.29, 0.717) is 23.2 Å². The first kappa shape index (κ1) is 16.7. The van der Waals surface area contributed by atoms with Crippen molar-refractivity contribution in [2.24, 2.45) is 5.73 Å². The van der Waals surface area contributed by atoms with Gasteiger partial charge < -0.3 is 15.8 Å². The average molecular weight is 305 g/mol. The van der Waals surface area contributed by atoms with Gasteiger partial charge in [-0.1, -0.05) is 29.3 Å². The maximum absolute atomic E-state index is 6.04. The lowest BCUT2D eigenvalue weighted by Crippen LogP contribution is -2.35. The van der Waals surface area contributed by atoms with Gasteiger partial charge in [0.25, 0.3) is 0 Å². The van der Waals surface area contributed by atoms with Gasteiger partial charge in [-0.25, -0.2) is 0 Å². The Morgan fingerprint density at radius 2 is 2.05 bits per heavy atom. The molecule has 0 bridgehead atoms. The lowest BCUT2D eigenvalue weighted by atomic mass is 10.1. The summed E-state index contributed by atoms with van der Waals surface area (Å²) in [4.78, 5) is 0. The highest BCUT2D eigenvalue weighted by atomic mass is 35.5. The summed E-state index contributed by atoms with van der Waals surface area (Å²) < 4.78 is 5.23. The Morgan fingerprint density at radius 3 is 2.63 bits per heavy atom. The van der Waals surface area contributed by atoms with Crippen LogP contribution in [0.1, 0.15) is 31.4 Å². The predicted octanol–water partition coefficient (Wildman–Crippen LogP) is 3.40. The lowest BCUT2D eigenvalue weighted by Gasteiger charge is -2.23. The summed E-state index contributed by atoms with van der Waals surface area (Å²) in [6, 6.07) is 6.18. The molecule has 2 atom stereocenters. The van der Waals surface area contributed by atoms with E-state index in [-0.39, 0.29) is 12.1 Å². The number of rotatable bonds is 8. The Balaban J connectivity index is 2.63. The summed E-state index contributed by atoms with van der Waals surface area (Å²) in [5, 5.41) is 4.69. The zero-order valence-electron chi connectivity index (χ0n) is 11.5. The highest BCUT2D eigenvalue weighted by molar-refractivity contribution is 6.42. The summed E-state index contributed by atoms with van der Waals surface area (Å²) in [5.74, 6) is 0. The summed E-state index contributed by atoms with van der Waals surface area (Å²) in [6.07, 6.45) is 1.98. The topological polar surface area (TPSA) is 47.3 Å². The average Bonchev–Trinajstić information content (AvgIpc) is 2.39. The van der Waals surface area contributed by atoms with Crippen LogP contribution in [0.25, 0.3) is 0 Å². The minimum atomic E-state index is 0.188. The highest BCUT2D eigenvalue weighted by Gasteiger charge is 2.13. The lowest BCUT2D eigenvalue weighted by molar-refractivity contribution is 0.156. The number of methoxy groups -OCH3 is 1. The van der Waals surface area contributed by atoms with Crippen molar-refractivity contribution >= 4 is 23.2 Å². The maximum atomic E-state index is 6.04. The van der Waals surface area contributed by atoms with Crippen molar-refractivity contribution in [3.8, 4) is 0 Å². The Hall–Kier alpha value is -0.320. The van der Waals surface area contributed by atoms with Gasteiger partial charge in [0.05, 0.1) is 16.7 Å². The third-order valence-electron chi connectivity index (χ3n) is 3.05. The van der Waals surface area contributed by atoms with Gasteiger partial charge in [0.2, 0.25) is 0 Å². The van der Waals surface area contributed by atoms with Crippen molar-refractivity contribution in [3.05, 3.63) is 33.8 Å². The summed E-state index contributed by atoms with van der Waals surface area (Å²) in [5.41, 5.74) is 6.66. The Labute approximate surface area is 125 Å². The van der Waals surface area contributed by atoms with E-state index in [1.165, 1.54) is 0 Å². The molecule has 3 N–H and O–H groups in total. The Kier molecular flexibility index (Phi) is 7.73. The Morgan fingerprint density at radius 1 is 1.32 bits per heavy atom. The molecule has 2 unspecified atom stereocenters. The van der Waals surface area contributed by atoms with Crippen LogP contribution in [0, 0.1) is 0 Å². The van der Waals surface area contributed by atoms with Crippen molar-refractivity contribution in [2.45, 2.75) is 31.8 Å². The number of ether oxygens (including phenoxy) is 1. The van der Waals surface area contributed by atoms with Crippen LogP contribution in [0.5, 0.6) is 0 Å². The molecule has 0 aliphatic heterocycles. The van der Waals surface area contributed by atoms with Gasteiger partial charge in [0.1, 0.15) is 0 Å². The van der Waals surface area contributed by atoms with E-state index in [1.54, 1.807) is 7.11 Å². The van der Waals surface area contributed by atoms with Crippen LogP contribution in [0.3, 0.4) is 0 Å². The molecule has 0 aliphatic carbocycles. The fraction of sp³-hybridized carbons (Fsp3) is 0.571. The van der Waals surface area contributed by atoms with Gasteiger partial charge in [-0.3, -0.25) is 0 Å². The van der Waals surface area contributed by atoms with Crippen LogP contribution in [-0.4, -0.2) is 26.3 Å². The Bertz CT molecular complexity index is 388. The molecule has 1 rings (SSSR count).